The van der Waals surface area contributed by atoms with Crippen LogP contribution in [0.1, 0.15) is 32.4 Å². The number of methoxy groups -OCH3 is 1. The highest BCUT2D eigenvalue weighted by molar-refractivity contribution is 5.36. The molecule has 0 aromatic heterocycles. The third kappa shape index (κ3) is 3.57. The Morgan fingerprint density at radius 2 is 1.86 bits per heavy atom. The van der Waals surface area contributed by atoms with Crippen LogP contribution in [0.4, 0.5) is 0 Å². The van der Waals surface area contributed by atoms with Crippen LogP contribution in [0.25, 0.3) is 0 Å². The highest BCUT2D eigenvalue weighted by atomic mass is 16.5. The third-order valence-electron chi connectivity index (χ3n) is 4.56. The predicted molar refractivity (Wildman–Crippen MR) is 83.4 cm³/mol. The topological polar surface area (TPSA) is 53.7 Å². The van der Waals surface area contributed by atoms with E-state index in [1.165, 1.54) is 0 Å². The van der Waals surface area contributed by atoms with Gasteiger partial charge >= 0.3 is 0 Å². The number of hydrogen-bond donors (Lipinski definition) is 1. The number of para-hydroxylation sites is 1. The normalized spacial score (nSPS) is 30.3. The SMILES string of the molecule is COCCOc1ccccc1C(N)C1C(C)OC(C)C1C. The minimum absolute atomic E-state index is 0.0845. The number of hydrogen-bond acceptors (Lipinski definition) is 4. The molecule has 1 aliphatic rings. The molecule has 0 radical (unpaired) electrons. The molecule has 1 fully saturated rings. The molecule has 4 nitrogen and oxygen atoms in total. The van der Waals surface area contributed by atoms with Crippen LogP contribution in [-0.4, -0.2) is 32.5 Å². The molecule has 1 heterocycles. The summed E-state index contributed by atoms with van der Waals surface area (Å²) in [5, 5.41) is 0. The van der Waals surface area contributed by atoms with E-state index < -0.39 is 0 Å². The highest BCUT2D eigenvalue weighted by Crippen LogP contribution is 2.41. The summed E-state index contributed by atoms with van der Waals surface area (Å²) in [6, 6.07) is 7.92. The number of ether oxygens (including phenoxy) is 3. The molecule has 2 N–H and O–H groups in total. The maximum absolute atomic E-state index is 6.56. The average molecular weight is 293 g/mol. The van der Waals surface area contributed by atoms with Gasteiger partial charge in [0.05, 0.1) is 18.8 Å². The van der Waals surface area contributed by atoms with Gasteiger partial charge in [-0.1, -0.05) is 25.1 Å². The van der Waals surface area contributed by atoms with E-state index in [-0.39, 0.29) is 18.2 Å². The molecule has 0 spiro atoms. The van der Waals surface area contributed by atoms with E-state index in [0.717, 1.165) is 11.3 Å². The lowest BCUT2D eigenvalue weighted by atomic mass is 9.81. The molecule has 4 heteroatoms. The van der Waals surface area contributed by atoms with E-state index in [4.69, 9.17) is 19.9 Å². The van der Waals surface area contributed by atoms with Crippen molar-refractivity contribution in [3.63, 3.8) is 0 Å². The van der Waals surface area contributed by atoms with Crippen molar-refractivity contribution in [3.8, 4) is 5.75 Å². The molecule has 21 heavy (non-hydrogen) atoms. The van der Waals surface area contributed by atoms with Gasteiger partial charge in [0.2, 0.25) is 0 Å². The first-order valence-electron chi connectivity index (χ1n) is 7.68. The molecule has 1 saturated heterocycles. The Morgan fingerprint density at radius 1 is 1.14 bits per heavy atom. The molecule has 118 valence electrons. The zero-order valence-corrected chi connectivity index (χ0v) is 13.4. The molecule has 0 saturated carbocycles. The summed E-state index contributed by atoms with van der Waals surface area (Å²) >= 11 is 0. The Balaban J connectivity index is 2.16. The Bertz CT molecular complexity index is 451. The van der Waals surface area contributed by atoms with E-state index in [1.54, 1.807) is 7.11 Å². The minimum atomic E-state index is -0.0845. The summed E-state index contributed by atoms with van der Waals surface area (Å²) in [6.45, 7) is 7.55. The molecule has 1 aromatic rings. The van der Waals surface area contributed by atoms with Gasteiger partial charge in [-0.15, -0.1) is 0 Å². The quantitative estimate of drug-likeness (QED) is 0.819. The van der Waals surface area contributed by atoms with Crippen LogP contribution in [-0.2, 0) is 9.47 Å². The monoisotopic (exact) mass is 293 g/mol. The first-order chi connectivity index (χ1) is 10.1. The third-order valence-corrected chi connectivity index (χ3v) is 4.56. The molecule has 1 aromatic carbocycles. The molecule has 0 bridgehead atoms. The van der Waals surface area contributed by atoms with Crippen LogP contribution in [0.2, 0.25) is 0 Å². The molecule has 5 unspecified atom stereocenters. The summed E-state index contributed by atoms with van der Waals surface area (Å²) in [4.78, 5) is 0. The van der Waals surface area contributed by atoms with E-state index in [1.807, 2.05) is 18.2 Å². The Hall–Kier alpha value is -1.10. The van der Waals surface area contributed by atoms with Crippen molar-refractivity contribution in [1.29, 1.82) is 0 Å². The van der Waals surface area contributed by atoms with Crippen LogP contribution in [0.3, 0.4) is 0 Å². The van der Waals surface area contributed by atoms with Crippen LogP contribution >= 0.6 is 0 Å². The van der Waals surface area contributed by atoms with Gasteiger partial charge in [-0.25, -0.2) is 0 Å². The fourth-order valence-corrected chi connectivity index (χ4v) is 3.24. The molecular weight excluding hydrogens is 266 g/mol. The molecular formula is C17H27NO3. The first-order valence-corrected chi connectivity index (χ1v) is 7.68. The zero-order chi connectivity index (χ0) is 15.4. The fourth-order valence-electron chi connectivity index (χ4n) is 3.24. The van der Waals surface area contributed by atoms with Gasteiger partial charge in [0.25, 0.3) is 0 Å². The largest absolute Gasteiger partial charge is 0.491 e. The minimum Gasteiger partial charge on any atom is -0.491 e. The second kappa shape index (κ2) is 7.25. The van der Waals surface area contributed by atoms with Gasteiger partial charge < -0.3 is 19.9 Å². The summed E-state index contributed by atoms with van der Waals surface area (Å²) in [5.74, 6) is 1.58. The van der Waals surface area contributed by atoms with Gasteiger partial charge in [-0.05, 0) is 25.8 Å². The van der Waals surface area contributed by atoms with Gasteiger partial charge in [0.1, 0.15) is 12.4 Å². The lowest BCUT2D eigenvalue weighted by Crippen LogP contribution is -2.31. The zero-order valence-electron chi connectivity index (χ0n) is 13.4. The van der Waals surface area contributed by atoms with Crippen LogP contribution < -0.4 is 10.5 Å². The van der Waals surface area contributed by atoms with Crippen molar-refractivity contribution >= 4 is 0 Å². The Morgan fingerprint density at radius 3 is 2.48 bits per heavy atom. The number of benzene rings is 1. The molecule has 0 amide bonds. The van der Waals surface area contributed by atoms with E-state index >= 15 is 0 Å². The molecule has 1 aliphatic heterocycles. The smallest absolute Gasteiger partial charge is 0.124 e. The first kappa shape index (κ1) is 16.3. The summed E-state index contributed by atoms with van der Waals surface area (Å²) in [5.41, 5.74) is 7.61. The standard InChI is InChI=1S/C17H27NO3/c1-11-12(2)21-13(3)16(11)17(18)14-7-5-6-8-15(14)20-10-9-19-4/h5-8,11-13,16-17H,9-10,18H2,1-4H3. The van der Waals surface area contributed by atoms with Crippen molar-refractivity contribution in [2.75, 3.05) is 20.3 Å². The maximum atomic E-state index is 6.56. The second-order valence-corrected chi connectivity index (χ2v) is 5.89. The number of rotatable bonds is 6. The summed E-state index contributed by atoms with van der Waals surface area (Å²) in [7, 11) is 1.67. The predicted octanol–water partition coefficient (Wildman–Crippen LogP) is 2.77. The summed E-state index contributed by atoms with van der Waals surface area (Å²) < 4.78 is 16.8. The van der Waals surface area contributed by atoms with Gasteiger partial charge in [-0.3, -0.25) is 0 Å². The van der Waals surface area contributed by atoms with Crippen LogP contribution in [0, 0.1) is 11.8 Å². The lowest BCUT2D eigenvalue weighted by Gasteiger charge is -2.27. The van der Waals surface area contributed by atoms with Gasteiger partial charge in [0.15, 0.2) is 0 Å². The second-order valence-electron chi connectivity index (χ2n) is 5.89. The van der Waals surface area contributed by atoms with Crippen molar-refractivity contribution < 1.29 is 14.2 Å². The summed E-state index contributed by atoms with van der Waals surface area (Å²) in [6.07, 6.45) is 0.412. The number of nitrogens with two attached hydrogens (primary N) is 1. The molecule has 5 atom stereocenters. The maximum Gasteiger partial charge on any atom is 0.124 e. The Labute approximate surface area is 127 Å². The Kier molecular flexibility index (Phi) is 5.62. The van der Waals surface area contributed by atoms with Gasteiger partial charge in [-0.2, -0.15) is 0 Å². The van der Waals surface area contributed by atoms with Crippen molar-refractivity contribution in [2.45, 2.75) is 39.0 Å². The highest BCUT2D eigenvalue weighted by Gasteiger charge is 2.41. The van der Waals surface area contributed by atoms with E-state index in [2.05, 4.69) is 26.8 Å². The van der Waals surface area contributed by atoms with Crippen LogP contribution in [0.5, 0.6) is 5.75 Å². The van der Waals surface area contributed by atoms with Crippen molar-refractivity contribution in [1.82, 2.24) is 0 Å². The lowest BCUT2D eigenvalue weighted by molar-refractivity contribution is 0.0488. The molecule has 2 rings (SSSR count). The van der Waals surface area contributed by atoms with Crippen LogP contribution in [0.15, 0.2) is 24.3 Å². The van der Waals surface area contributed by atoms with Crippen molar-refractivity contribution in [2.24, 2.45) is 17.6 Å². The van der Waals surface area contributed by atoms with Gasteiger partial charge in [0, 0.05) is 24.6 Å². The fraction of sp³-hybridized carbons (Fsp3) is 0.647. The van der Waals surface area contributed by atoms with Crippen molar-refractivity contribution in [3.05, 3.63) is 29.8 Å². The van der Waals surface area contributed by atoms with E-state index in [9.17, 15) is 0 Å². The molecule has 0 aliphatic carbocycles. The average Bonchev–Trinajstić information content (AvgIpc) is 2.72. The van der Waals surface area contributed by atoms with E-state index in [0.29, 0.717) is 25.0 Å².